The molecule has 0 aliphatic carbocycles. The Morgan fingerprint density at radius 3 is 2.56 bits per heavy atom. The maximum atomic E-state index is 11.3. The third kappa shape index (κ3) is 6.58. The van der Waals surface area contributed by atoms with Gasteiger partial charge in [0.25, 0.3) is 0 Å². The summed E-state index contributed by atoms with van der Waals surface area (Å²) in [6.45, 7) is 7.00. The van der Waals surface area contributed by atoms with Gasteiger partial charge in [-0.1, -0.05) is 13.0 Å². The van der Waals surface area contributed by atoms with E-state index in [2.05, 4.69) is 9.64 Å². The second kappa shape index (κ2) is 9.36. The Labute approximate surface area is 98.2 Å². The van der Waals surface area contributed by atoms with Crippen molar-refractivity contribution in [2.75, 3.05) is 40.5 Å². The minimum absolute atomic E-state index is 0.235. The monoisotopic (exact) mass is 229 g/mol. The molecule has 0 aromatic rings. The highest BCUT2D eigenvalue weighted by Gasteiger charge is 2.06. The number of nitrogens with zero attached hydrogens (tertiary/aromatic N) is 1. The molecule has 0 aromatic carbocycles. The number of likely N-dealkylation sites (N-methyl/N-ethyl adjacent to an activating group) is 1. The molecule has 0 heterocycles. The van der Waals surface area contributed by atoms with Gasteiger partial charge in [0.1, 0.15) is 0 Å². The van der Waals surface area contributed by atoms with Crippen molar-refractivity contribution in [1.82, 2.24) is 4.90 Å². The molecule has 0 bridgehead atoms. The molecule has 4 heteroatoms. The van der Waals surface area contributed by atoms with Gasteiger partial charge in [-0.25, -0.2) is 4.79 Å². The fourth-order valence-corrected chi connectivity index (χ4v) is 1.23. The molecule has 0 rings (SSSR count). The molecule has 0 fully saturated rings. The van der Waals surface area contributed by atoms with Crippen LogP contribution in [-0.2, 0) is 14.3 Å². The number of rotatable bonds is 8. The topological polar surface area (TPSA) is 38.8 Å². The van der Waals surface area contributed by atoms with E-state index in [4.69, 9.17) is 4.74 Å². The van der Waals surface area contributed by atoms with Crippen LogP contribution in [-0.4, -0.2) is 51.3 Å². The van der Waals surface area contributed by atoms with Crippen LogP contribution in [0.3, 0.4) is 0 Å². The van der Waals surface area contributed by atoms with Crippen molar-refractivity contribution >= 4 is 5.97 Å². The standard InChI is InChI=1S/C12H23NO3/c1-5-11(12(14)15-4)7-8-13(3)9-10-16-6-2/h7H,5-6,8-10H2,1-4H3/b11-7-. The molecule has 16 heavy (non-hydrogen) atoms. The van der Waals surface area contributed by atoms with E-state index in [-0.39, 0.29) is 5.97 Å². The van der Waals surface area contributed by atoms with Gasteiger partial charge in [-0.15, -0.1) is 0 Å². The summed E-state index contributed by atoms with van der Waals surface area (Å²) < 4.78 is 9.94. The van der Waals surface area contributed by atoms with Gasteiger partial charge < -0.3 is 14.4 Å². The van der Waals surface area contributed by atoms with Crippen LogP contribution >= 0.6 is 0 Å². The normalized spacial score (nSPS) is 11.9. The number of esters is 1. The zero-order valence-electron chi connectivity index (χ0n) is 10.8. The Hall–Kier alpha value is -0.870. The lowest BCUT2D eigenvalue weighted by Gasteiger charge is -2.14. The van der Waals surface area contributed by atoms with Gasteiger partial charge in [-0.2, -0.15) is 0 Å². The first-order valence-electron chi connectivity index (χ1n) is 5.69. The molecule has 0 radical (unpaired) electrons. The molecule has 0 amide bonds. The van der Waals surface area contributed by atoms with Crippen molar-refractivity contribution < 1.29 is 14.3 Å². The quantitative estimate of drug-likeness (QED) is 0.359. The number of hydrogen-bond donors (Lipinski definition) is 0. The van der Waals surface area contributed by atoms with E-state index in [1.165, 1.54) is 7.11 Å². The van der Waals surface area contributed by atoms with Crippen molar-refractivity contribution in [3.05, 3.63) is 11.6 Å². The molecular formula is C12H23NO3. The smallest absolute Gasteiger partial charge is 0.333 e. The lowest BCUT2D eigenvalue weighted by Crippen LogP contribution is -2.24. The van der Waals surface area contributed by atoms with Crippen LogP contribution in [0.5, 0.6) is 0 Å². The molecule has 0 aliphatic heterocycles. The molecule has 0 aliphatic rings. The molecule has 0 saturated carbocycles. The fraction of sp³-hybridized carbons (Fsp3) is 0.750. The predicted molar refractivity (Wildman–Crippen MR) is 64.4 cm³/mol. The maximum absolute atomic E-state index is 11.3. The summed E-state index contributed by atoms with van der Waals surface area (Å²) in [7, 11) is 3.41. The van der Waals surface area contributed by atoms with E-state index in [0.717, 1.165) is 31.9 Å². The van der Waals surface area contributed by atoms with Gasteiger partial charge in [0.2, 0.25) is 0 Å². The Morgan fingerprint density at radius 2 is 2.06 bits per heavy atom. The van der Waals surface area contributed by atoms with Gasteiger partial charge in [-0.05, 0) is 20.4 Å². The molecular weight excluding hydrogens is 206 g/mol. The SMILES string of the molecule is CCOCCN(C)C/C=C(/CC)C(=O)OC. The highest BCUT2D eigenvalue weighted by atomic mass is 16.5. The van der Waals surface area contributed by atoms with Gasteiger partial charge in [-0.3, -0.25) is 0 Å². The summed E-state index contributed by atoms with van der Waals surface area (Å²) in [6.07, 6.45) is 2.61. The van der Waals surface area contributed by atoms with Crippen molar-refractivity contribution in [3.8, 4) is 0 Å². The maximum Gasteiger partial charge on any atom is 0.333 e. The van der Waals surface area contributed by atoms with Gasteiger partial charge in [0, 0.05) is 25.3 Å². The van der Waals surface area contributed by atoms with Crippen LogP contribution in [0, 0.1) is 0 Å². The van der Waals surface area contributed by atoms with Crippen LogP contribution in [0.2, 0.25) is 0 Å². The van der Waals surface area contributed by atoms with E-state index < -0.39 is 0 Å². The highest BCUT2D eigenvalue weighted by molar-refractivity contribution is 5.88. The van der Waals surface area contributed by atoms with E-state index >= 15 is 0 Å². The average molecular weight is 229 g/mol. The summed E-state index contributed by atoms with van der Waals surface area (Å²) in [6, 6.07) is 0. The van der Waals surface area contributed by atoms with Crippen LogP contribution in [0.4, 0.5) is 0 Å². The van der Waals surface area contributed by atoms with Crippen molar-refractivity contribution in [3.63, 3.8) is 0 Å². The van der Waals surface area contributed by atoms with Crippen LogP contribution in [0.25, 0.3) is 0 Å². The largest absolute Gasteiger partial charge is 0.466 e. The summed E-state index contributed by atoms with van der Waals surface area (Å²) in [5, 5.41) is 0. The van der Waals surface area contributed by atoms with E-state index in [9.17, 15) is 4.79 Å². The second-order valence-corrected chi connectivity index (χ2v) is 3.53. The van der Waals surface area contributed by atoms with Crippen molar-refractivity contribution in [2.24, 2.45) is 0 Å². The zero-order valence-corrected chi connectivity index (χ0v) is 10.8. The number of hydrogen-bond acceptors (Lipinski definition) is 4. The lowest BCUT2D eigenvalue weighted by molar-refractivity contribution is -0.136. The molecule has 0 N–H and O–H groups in total. The lowest BCUT2D eigenvalue weighted by atomic mass is 10.2. The number of carbonyl (C=O) groups is 1. The molecule has 0 atom stereocenters. The number of methoxy groups -OCH3 is 1. The number of ether oxygens (including phenoxy) is 2. The van der Waals surface area contributed by atoms with Crippen molar-refractivity contribution in [1.29, 1.82) is 0 Å². The molecule has 0 saturated heterocycles. The molecule has 4 nitrogen and oxygen atoms in total. The summed E-state index contributed by atoms with van der Waals surface area (Å²) in [5.41, 5.74) is 0.728. The summed E-state index contributed by atoms with van der Waals surface area (Å²) in [5.74, 6) is -0.235. The summed E-state index contributed by atoms with van der Waals surface area (Å²) in [4.78, 5) is 13.4. The number of carbonyl (C=O) groups excluding carboxylic acids is 1. The van der Waals surface area contributed by atoms with Gasteiger partial charge in [0.05, 0.1) is 13.7 Å². The third-order valence-corrected chi connectivity index (χ3v) is 2.30. The zero-order chi connectivity index (χ0) is 12.4. The Kier molecular flexibility index (Phi) is 8.85. The third-order valence-electron chi connectivity index (χ3n) is 2.30. The highest BCUT2D eigenvalue weighted by Crippen LogP contribution is 2.03. The van der Waals surface area contributed by atoms with Crippen LogP contribution < -0.4 is 0 Å². The first kappa shape index (κ1) is 15.1. The first-order chi connectivity index (χ1) is 7.65. The van der Waals surface area contributed by atoms with E-state index in [0.29, 0.717) is 6.42 Å². The van der Waals surface area contributed by atoms with Crippen molar-refractivity contribution in [2.45, 2.75) is 20.3 Å². The van der Waals surface area contributed by atoms with Gasteiger partial charge in [0.15, 0.2) is 0 Å². The molecule has 0 aromatic heterocycles. The fourth-order valence-electron chi connectivity index (χ4n) is 1.23. The van der Waals surface area contributed by atoms with Gasteiger partial charge >= 0.3 is 5.97 Å². The minimum atomic E-state index is -0.235. The minimum Gasteiger partial charge on any atom is -0.466 e. The molecule has 0 spiro atoms. The Bertz CT molecular complexity index is 226. The van der Waals surface area contributed by atoms with Crippen LogP contribution in [0.15, 0.2) is 11.6 Å². The van der Waals surface area contributed by atoms with E-state index in [1.54, 1.807) is 0 Å². The summed E-state index contributed by atoms with van der Waals surface area (Å²) >= 11 is 0. The average Bonchev–Trinajstić information content (AvgIpc) is 2.29. The van der Waals surface area contributed by atoms with Crippen LogP contribution in [0.1, 0.15) is 20.3 Å². The molecule has 0 unspecified atom stereocenters. The first-order valence-corrected chi connectivity index (χ1v) is 5.69. The van der Waals surface area contributed by atoms with E-state index in [1.807, 2.05) is 27.0 Å². The second-order valence-electron chi connectivity index (χ2n) is 3.53. The predicted octanol–water partition coefficient (Wildman–Crippen LogP) is 1.46. The Morgan fingerprint density at radius 1 is 1.38 bits per heavy atom. The Balaban J connectivity index is 3.97. The molecule has 94 valence electrons.